The van der Waals surface area contributed by atoms with Crippen LogP contribution in [0.2, 0.25) is 0 Å². The number of Topliss-reactive ketones (excluding diaryl/α,β-unsaturated/α-hetero) is 1. The van der Waals surface area contributed by atoms with Crippen molar-refractivity contribution in [2.24, 2.45) is 0 Å². The molecule has 0 aliphatic carbocycles. The third kappa shape index (κ3) is 15.7. The molecule has 4 rings (SSSR count). The first-order chi connectivity index (χ1) is 29.5. The maximum Gasteiger partial charge on any atom is 0.412 e. The van der Waals surface area contributed by atoms with Crippen LogP contribution in [0, 0.1) is 0 Å². The minimum absolute atomic E-state index is 0.0157. The predicted molar refractivity (Wildman–Crippen MR) is 242 cm³/mol. The highest BCUT2D eigenvalue weighted by molar-refractivity contribution is 8.00. The Morgan fingerprint density at radius 1 is 0.661 bits per heavy atom. The van der Waals surface area contributed by atoms with E-state index >= 15 is 0 Å². The van der Waals surface area contributed by atoms with Gasteiger partial charge in [0.2, 0.25) is 0 Å². The van der Waals surface area contributed by atoms with E-state index in [1.165, 1.54) is 6.08 Å². The molecule has 12 nitrogen and oxygen atoms in total. The number of alkyl carbamates (subject to hydrolysis) is 2. The molecule has 0 bridgehead atoms. The standard InChI is InChI=1S/C49H59N3O9S/c1-8-32-58-43(54)41(52-46(57)61-48(5,6)7)34-35-26-28-39(29-27-35)59-44(55)50-31-30-40(51-45(56)60-47(2,3)4)42(53)25-18-33-62-49(36-19-12-9-13-20-36,37-21-14-10-15-22-37)38-23-16-11-17-24-38/h8-17,19-24,26-29,40-41H,1,18,25,30-34H2,2-7H3,(H,50,55)(H,51,56)(H,52,57)/t40-,41-/m0/s1. The lowest BCUT2D eigenvalue weighted by Gasteiger charge is -2.35. The number of ether oxygens (including phenoxy) is 4. The zero-order chi connectivity index (χ0) is 45.2. The van der Waals surface area contributed by atoms with Gasteiger partial charge in [-0.25, -0.2) is 19.2 Å². The van der Waals surface area contributed by atoms with Crippen LogP contribution >= 0.6 is 11.8 Å². The second kappa shape index (κ2) is 23.2. The lowest BCUT2D eigenvalue weighted by atomic mass is 9.84. The van der Waals surface area contributed by atoms with Gasteiger partial charge in [-0.05, 0) is 94.5 Å². The quantitative estimate of drug-likeness (QED) is 0.0257. The fraction of sp³-hybridized carbons (Fsp3) is 0.367. The summed E-state index contributed by atoms with van der Waals surface area (Å²) in [7, 11) is 0. The van der Waals surface area contributed by atoms with Crippen molar-refractivity contribution in [2.45, 2.75) is 95.3 Å². The molecule has 0 fully saturated rings. The predicted octanol–water partition coefficient (Wildman–Crippen LogP) is 9.30. The van der Waals surface area contributed by atoms with Crippen LogP contribution in [-0.4, -0.2) is 72.2 Å². The van der Waals surface area contributed by atoms with E-state index in [4.69, 9.17) is 18.9 Å². The first-order valence-corrected chi connectivity index (χ1v) is 21.6. The van der Waals surface area contributed by atoms with Crippen molar-refractivity contribution in [1.29, 1.82) is 0 Å². The van der Waals surface area contributed by atoms with Crippen LogP contribution in [0.25, 0.3) is 0 Å². The van der Waals surface area contributed by atoms with Crippen LogP contribution < -0.4 is 20.7 Å². The molecule has 0 heterocycles. The molecule has 3 N–H and O–H groups in total. The van der Waals surface area contributed by atoms with Gasteiger partial charge in [-0.15, -0.1) is 11.8 Å². The number of amides is 3. The molecule has 0 aliphatic heterocycles. The Morgan fingerprint density at radius 3 is 1.61 bits per heavy atom. The van der Waals surface area contributed by atoms with Crippen molar-refractivity contribution in [2.75, 3.05) is 18.9 Å². The van der Waals surface area contributed by atoms with Crippen LogP contribution in [0.5, 0.6) is 5.75 Å². The molecule has 0 unspecified atom stereocenters. The van der Waals surface area contributed by atoms with E-state index in [1.54, 1.807) is 77.6 Å². The van der Waals surface area contributed by atoms with E-state index < -0.39 is 52.3 Å². The Kier molecular flexibility index (Phi) is 18.2. The summed E-state index contributed by atoms with van der Waals surface area (Å²) in [4.78, 5) is 64.7. The maximum atomic E-state index is 13.8. The van der Waals surface area contributed by atoms with Crippen molar-refractivity contribution in [3.05, 3.63) is 150 Å². The molecule has 0 aliphatic rings. The zero-order valence-electron chi connectivity index (χ0n) is 36.4. The summed E-state index contributed by atoms with van der Waals surface area (Å²) in [6, 6.07) is 35.4. The minimum atomic E-state index is -1.05. The number of carbonyl (C=O) groups excluding carboxylic acids is 5. The second-order valence-corrected chi connectivity index (χ2v) is 17.8. The molecule has 4 aromatic carbocycles. The molecule has 13 heteroatoms. The average Bonchev–Trinajstić information content (AvgIpc) is 3.22. The Hall–Kier alpha value is -6.08. The Labute approximate surface area is 369 Å². The number of carbonyl (C=O) groups is 5. The molecule has 4 aromatic rings. The summed E-state index contributed by atoms with van der Waals surface area (Å²) in [6.45, 7) is 13.9. The first kappa shape index (κ1) is 48.6. The highest BCUT2D eigenvalue weighted by Crippen LogP contribution is 2.48. The van der Waals surface area contributed by atoms with E-state index in [2.05, 4.69) is 58.9 Å². The van der Waals surface area contributed by atoms with Gasteiger partial charge in [0.15, 0.2) is 5.78 Å². The Balaban J connectivity index is 1.38. The number of ketones is 1. The monoisotopic (exact) mass is 865 g/mol. The lowest BCUT2D eigenvalue weighted by molar-refractivity contribution is -0.144. The van der Waals surface area contributed by atoms with Crippen molar-refractivity contribution in [3.63, 3.8) is 0 Å². The lowest BCUT2D eigenvalue weighted by Crippen LogP contribution is -2.45. The van der Waals surface area contributed by atoms with Gasteiger partial charge in [-0.3, -0.25) is 4.79 Å². The van der Waals surface area contributed by atoms with Gasteiger partial charge in [0, 0.05) is 19.4 Å². The van der Waals surface area contributed by atoms with Crippen molar-refractivity contribution in [3.8, 4) is 5.75 Å². The van der Waals surface area contributed by atoms with Gasteiger partial charge in [0.05, 0.1) is 10.8 Å². The largest absolute Gasteiger partial charge is 0.460 e. The van der Waals surface area contributed by atoms with Crippen LogP contribution in [-0.2, 0) is 35.0 Å². The molecule has 3 amide bonds. The molecule has 0 saturated carbocycles. The summed E-state index contributed by atoms with van der Waals surface area (Å²) >= 11 is 1.75. The Morgan fingerprint density at radius 2 is 1.15 bits per heavy atom. The van der Waals surface area contributed by atoms with E-state index in [0.29, 0.717) is 17.7 Å². The number of esters is 1. The molecule has 2 atom stereocenters. The smallest absolute Gasteiger partial charge is 0.412 e. The second-order valence-electron chi connectivity index (χ2n) is 16.5. The molecule has 62 heavy (non-hydrogen) atoms. The number of benzene rings is 4. The minimum Gasteiger partial charge on any atom is -0.460 e. The molecule has 0 spiro atoms. The highest BCUT2D eigenvalue weighted by atomic mass is 32.2. The van der Waals surface area contributed by atoms with Gasteiger partial charge < -0.3 is 34.9 Å². The molecular formula is C49H59N3O9S. The van der Waals surface area contributed by atoms with E-state index in [1.807, 2.05) is 54.6 Å². The van der Waals surface area contributed by atoms with E-state index in [0.717, 1.165) is 16.7 Å². The summed E-state index contributed by atoms with van der Waals surface area (Å²) < 4.78 is 20.9. The number of rotatable bonds is 20. The Bertz CT molecular complexity index is 1970. The van der Waals surface area contributed by atoms with Crippen LogP contribution in [0.15, 0.2) is 128 Å². The molecule has 0 saturated heterocycles. The third-order valence-corrected chi connectivity index (χ3v) is 10.7. The number of hydrogen-bond acceptors (Lipinski definition) is 10. The molecular weight excluding hydrogens is 807 g/mol. The van der Waals surface area contributed by atoms with E-state index in [9.17, 15) is 24.0 Å². The van der Waals surface area contributed by atoms with E-state index in [-0.39, 0.29) is 43.9 Å². The fourth-order valence-corrected chi connectivity index (χ4v) is 7.96. The molecule has 0 radical (unpaired) electrons. The van der Waals surface area contributed by atoms with Gasteiger partial charge in [0.25, 0.3) is 0 Å². The number of hydrogen-bond donors (Lipinski definition) is 3. The van der Waals surface area contributed by atoms with Gasteiger partial charge in [-0.1, -0.05) is 116 Å². The summed E-state index contributed by atoms with van der Waals surface area (Å²) in [5.41, 5.74) is 2.45. The van der Waals surface area contributed by atoms with Gasteiger partial charge in [0.1, 0.15) is 29.6 Å². The topological polar surface area (TPSA) is 158 Å². The summed E-state index contributed by atoms with van der Waals surface area (Å²) in [5.74, 6) is -0.0113. The van der Waals surface area contributed by atoms with Crippen LogP contribution in [0.1, 0.15) is 83.1 Å². The van der Waals surface area contributed by atoms with Gasteiger partial charge >= 0.3 is 24.2 Å². The van der Waals surface area contributed by atoms with Crippen molar-refractivity contribution >= 4 is 41.8 Å². The average molecular weight is 866 g/mol. The third-order valence-electron chi connectivity index (χ3n) is 9.10. The van der Waals surface area contributed by atoms with Crippen molar-refractivity contribution < 1.29 is 42.9 Å². The van der Waals surface area contributed by atoms with Crippen LogP contribution in [0.3, 0.4) is 0 Å². The summed E-state index contributed by atoms with van der Waals surface area (Å²) in [5, 5.41) is 7.93. The highest BCUT2D eigenvalue weighted by Gasteiger charge is 2.37. The number of nitrogens with one attached hydrogen (secondary N) is 3. The fourth-order valence-electron chi connectivity index (χ4n) is 6.45. The number of thioether (sulfide) groups is 1. The maximum absolute atomic E-state index is 13.8. The van der Waals surface area contributed by atoms with Gasteiger partial charge in [-0.2, -0.15) is 0 Å². The normalized spacial score (nSPS) is 12.5. The molecule has 330 valence electrons. The zero-order valence-corrected chi connectivity index (χ0v) is 37.3. The first-order valence-electron chi connectivity index (χ1n) is 20.6. The molecule has 0 aromatic heterocycles. The van der Waals surface area contributed by atoms with Crippen LogP contribution in [0.4, 0.5) is 14.4 Å². The summed E-state index contributed by atoms with van der Waals surface area (Å²) in [6.07, 6.45) is 0.0274. The SMILES string of the molecule is C=CCOC(=O)[C@H](Cc1ccc(OC(=O)NCC[C@H](NC(=O)OC(C)(C)C)C(=O)CCCSC(c2ccccc2)(c2ccccc2)c2ccccc2)cc1)NC(=O)OC(C)(C)C. The van der Waals surface area contributed by atoms with Crippen molar-refractivity contribution in [1.82, 2.24) is 16.0 Å².